The average molecular weight is 300 g/mol. The van der Waals surface area contributed by atoms with Gasteiger partial charge in [-0.1, -0.05) is 6.42 Å². The lowest BCUT2D eigenvalue weighted by molar-refractivity contribution is -0.137. The lowest BCUT2D eigenvalue weighted by Crippen LogP contribution is -2.42. The first-order chi connectivity index (χ1) is 9.86. The molecule has 0 bridgehead atoms. The molecule has 1 aromatic rings. The molecule has 0 saturated carbocycles. The van der Waals surface area contributed by atoms with Gasteiger partial charge >= 0.3 is 6.18 Å². The average Bonchev–Trinajstić information content (AvgIpc) is 2.41. The Hall–Kier alpha value is -1.56. The van der Waals surface area contributed by atoms with Crippen LogP contribution in [0.2, 0.25) is 0 Å². The number of amides is 1. The van der Waals surface area contributed by atoms with Crippen molar-refractivity contribution in [1.82, 2.24) is 4.90 Å². The molecule has 1 N–H and O–H groups in total. The van der Waals surface area contributed by atoms with Crippen molar-refractivity contribution in [2.75, 3.05) is 18.4 Å². The van der Waals surface area contributed by atoms with Gasteiger partial charge in [0.1, 0.15) is 0 Å². The summed E-state index contributed by atoms with van der Waals surface area (Å²) < 4.78 is 37.3. The zero-order valence-corrected chi connectivity index (χ0v) is 11.9. The van der Waals surface area contributed by atoms with Crippen molar-refractivity contribution in [3.05, 3.63) is 29.8 Å². The van der Waals surface area contributed by atoms with E-state index in [4.69, 9.17) is 0 Å². The third-order valence-electron chi connectivity index (χ3n) is 3.78. The van der Waals surface area contributed by atoms with E-state index in [0.717, 1.165) is 31.5 Å². The van der Waals surface area contributed by atoms with Gasteiger partial charge in [-0.25, -0.2) is 0 Å². The predicted octanol–water partition coefficient (Wildman–Crippen LogP) is 3.52. The van der Waals surface area contributed by atoms with Gasteiger partial charge in [0.15, 0.2) is 0 Å². The topological polar surface area (TPSA) is 32.3 Å². The molecule has 1 amide bonds. The Morgan fingerprint density at radius 2 is 1.95 bits per heavy atom. The van der Waals surface area contributed by atoms with E-state index >= 15 is 0 Å². The van der Waals surface area contributed by atoms with Crippen LogP contribution in [0.3, 0.4) is 0 Å². The summed E-state index contributed by atoms with van der Waals surface area (Å²) in [5.74, 6) is -0.191. The van der Waals surface area contributed by atoms with E-state index in [1.807, 2.05) is 0 Å². The molecule has 2 rings (SSSR count). The first kappa shape index (κ1) is 15.8. The Kier molecular flexibility index (Phi) is 4.88. The van der Waals surface area contributed by atoms with Crippen LogP contribution in [0.4, 0.5) is 18.9 Å². The smallest absolute Gasteiger partial charge is 0.325 e. The molecule has 21 heavy (non-hydrogen) atoms. The molecule has 1 heterocycles. The van der Waals surface area contributed by atoms with Crippen LogP contribution in [-0.4, -0.2) is 29.9 Å². The summed E-state index contributed by atoms with van der Waals surface area (Å²) in [4.78, 5) is 14.0. The molecule has 1 aliphatic rings. The van der Waals surface area contributed by atoms with E-state index in [1.165, 1.54) is 18.6 Å². The van der Waals surface area contributed by atoms with Gasteiger partial charge in [0, 0.05) is 11.7 Å². The number of benzene rings is 1. The Morgan fingerprint density at radius 3 is 2.52 bits per heavy atom. The summed E-state index contributed by atoms with van der Waals surface area (Å²) >= 11 is 0. The quantitative estimate of drug-likeness (QED) is 0.926. The second kappa shape index (κ2) is 6.47. The highest BCUT2D eigenvalue weighted by Crippen LogP contribution is 2.29. The number of alkyl halides is 3. The number of halogens is 3. The summed E-state index contributed by atoms with van der Waals surface area (Å²) in [6.07, 6.45) is -1.02. The normalized spacial score (nSPS) is 20.3. The van der Waals surface area contributed by atoms with Crippen molar-refractivity contribution in [3.8, 4) is 0 Å². The summed E-state index contributed by atoms with van der Waals surface area (Å²) in [5.41, 5.74) is -0.331. The highest BCUT2D eigenvalue weighted by molar-refractivity contribution is 5.92. The Labute approximate surface area is 122 Å². The molecule has 0 aromatic heterocycles. The lowest BCUT2D eigenvalue weighted by Gasteiger charge is -2.32. The van der Waals surface area contributed by atoms with Gasteiger partial charge in [-0.15, -0.1) is 0 Å². The fraction of sp³-hybridized carbons (Fsp3) is 0.533. The van der Waals surface area contributed by atoms with Crippen LogP contribution in [-0.2, 0) is 11.0 Å². The highest BCUT2D eigenvalue weighted by atomic mass is 19.4. The molecule has 1 saturated heterocycles. The number of likely N-dealkylation sites (tertiary alicyclic amines) is 1. The third kappa shape index (κ3) is 4.46. The fourth-order valence-electron chi connectivity index (χ4n) is 2.52. The second-order valence-electron chi connectivity index (χ2n) is 5.44. The minimum atomic E-state index is -4.36. The van der Waals surface area contributed by atoms with E-state index in [2.05, 4.69) is 17.1 Å². The molecule has 0 spiro atoms. The number of hydrogen-bond donors (Lipinski definition) is 1. The molecule has 116 valence electrons. The standard InChI is InChI=1S/C15H19F3N2O/c1-11-4-2-3-9-20(11)10-14(21)19-13-7-5-12(6-8-13)15(16,17)18/h5-8,11H,2-4,9-10H2,1H3,(H,19,21). The van der Waals surface area contributed by atoms with Crippen LogP contribution in [0.5, 0.6) is 0 Å². The molecular formula is C15H19F3N2O. The number of nitrogens with zero attached hydrogens (tertiary/aromatic N) is 1. The maximum atomic E-state index is 12.4. The molecule has 1 atom stereocenters. The monoisotopic (exact) mass is 300 g/mol. The molecule has 0 radical (unpaired) electrons. The van der Waals surface area contributed by atoms with Gasteiger partial charge in [0.05, 0.1) is 12.1 Å². The second-order valence-corrected chi connectivity index (χ2v) is 5.44. The third-order valence-corrected chi connectivity index (χ3v) is 3.78. The highest BCUT2D eigenvalue weighted by Gasteiger charge is 2.30. The number of carbonyl (C=O) groups is 1. The maximum Gasteiger partial charge on any atom is 0.416 e. The summed E-state index contributed by atoms with van der Waals surface area (Å²) in [7, 11) is 0. The van der Waals surface area contributed by atoms with Crippen molar-refractivity contribution >= 4 is 11.6 Å². The van der Waals surface area contributed by atoms with E-state index < -0.39 is 11.7 Å². The van der Waals surface area contributed by atoms with Crippen LogP contribution >= 0.6 is 0 Å². The number of nitrogens with one attached hydrogen (secondary N) is 1. The van der Waals surface area contributed by atoms with Crippen molar-refractivity contribution in [1.29, 1.82) is 0 Å². The molecule has 1 fully saturated rings. The largest absolute Gasteiger partial charge is 0.416 e. The number of anilines is 1. The maximum absolute atomic E-state index is 12.4. The molecule has 6 heteroatoms. The van der Waals surface area contributed by atoms with E-state index in [9.17, 15) is 18.0 Å². The number of rotatable bonds is 3. The van der Waals surface area contributed by atoms with Crippen LogP contribution in [0.15, 0.2) is 24.3 Å². The van der Waals surface area contributed by atoms with Crippen molar-refractivity contribution < 1.29 is 18.0 Å². The van der Waals surface area contributed by atoms with Gasteiger partial charge in [-0.05, 0) is 50.6 Å². The predicted molar refractivity (Wildman–Crippen MR) is 75.0 cm³/mol. The van der Waals surface area contributed by atoms with Crippen molar-refractivity contribution in [2.45, 2.75) is 38.4 Å². The van der Waals surface area contributed by atoms with E-state index in [1.54, 1.807) is 0 Å². The molecule has 1 aromatic carbocycles. The first-order valence-corrected chi connectivity index (χ1v) is 7.07. The summed E-state index contributed by atoms with van der Waals surface area (Å²) in [5, 5.41) is 2.64. The van der Waals surface area contributed by atoms with Gasteiger partial charge in [-0.3, -0.25) is 9.69 Å². The van der Waals surface area contributed by atoms with E-state index in [-0.39, 0.29) is 12.5 Å². The van der Waals surface area contributed by atoms with Gasteiger partial charge < -0.3 is 5.32 Å². The van der Waals surface area contributed by atoms with Crippen molar-refractivity contribution in [2.24, 2.45) is 0 Å². The van der Waals surface area contributed by atoms with Crippen LogP contribution in [0, 0.1) is 0 Å². The molecular weight excluding hydrogens is 281 g/mol. The summed E-state index contributed by atoms with van der Waals surface area (Å²) in [6.45, 7) is 3.26. The van der Waals surface area contributed by atoms with Crippen LogP contribution in [0.1, 0.15) is 31.7 Å². The molecule has 1 aliphatic heterocycles. The van der Waals surface area contributed by atoms with Gasteiger partial charge in [-0.2, -0.15) is 13.2 Å². The first-order valence-electron chi connectivity index (χ1n) is 7.07. The number of piperidine rings is 1. The Bertz CT molecular complexity index is 485. The van der Waals surface area contributed by atoms with Gasteiger partial charge in [0.25, 0.3) is 0 Å². The Balaban J connectivity index is 1.90. The van der Waals surface area contributed by atoms with Crippen LogP contribution in [0.25, 0.3) is 0 Å². The van der Waals surface area contributed by atoms with Gasteiger partial charge in [0.2, 0.25) is 5.91 Å². The molecule has 1 unspecified atom stereocenters. The SMILES string of the molecule is CC1CCCCN1CC(=O)Nc1ccc(C(F)(F)F)cc1. The lowest BCUT2D eigenvalue weighted by atomic mass is 10.0. The van der Waals surface area contributed by atoms with Crippen LogP contribution < -0.4 is 5.32 Å². The van der Waals surface area contributed by atoms with E-state index in [0.29, 0.717) is 11.7 Å². The minimum Gasteiger partial charge on any atom is -0.325 e. The fourth-order valence-corrected chi connectivity index (χ4v) is 2.52. The number of hydrogen-bond acceptors (Lipinski definition) is 2. The Morgan fingerprint density at radius 1 is 1.29 bits per heavy atom. The minimum absolute atomic E-state index is 0.191. The molecule has 0 aliphatic carbocycles. The number of carbonyl (C=O) groups excluding carboxylic acids is 1. The zero-order valence-electron chi connectivity index (χ0n) is 11.9. The summed E-state index contributed by atoms with van der Waals surface area (Å²) in [6, 6.07) is 4.87. The van der Waals surface area contributed by atoms with Crippen molar-refractivity contribution in [3.63, 3.8) is 0 Å². The molecule has 3 nitrogen and oxygen atoms in total. The zero-order chi connectivity index (χ0) is 15.5.